The number of nitrogens with zero attached hydrogens (tertiary/aromatic N) is 1. The Morgan fingerprint density at radius 2 is 2.08 bits per heavy atom. The summed E-state index contributed by atoms with van der Waals surface area (Å²) < 4.78 is 0. The van der Waals surface area contributed by atoms with Crippen molar-refractivity contribution in [2.45, 2.75) is 33.1 Å². The highest BCUT2D eigenvalue weighted by Gasteiger charge is 2.19. The lowest BCUT2D eigenvalue weighted by Gasteiger charge is -2.29. The summed E-state index contributed by atoms with van der Waals surface area (Å²) >= 11 is 0. The zero-order chi connectivity index (χ0) is 9.68. The highest BCUT2D eigenvalue weighted by Crippen LogP contribution is 2.16. The van der Waals surface area contributed by atoms with Crippen LogP contribution in [0.15, 0.2) is 0 Å². The van der Waals surface area contributed by atoms with Gasteiger partial charge in [-0.1, -0.05) is 6.92 Å². The van der Waals surface area contributed by atoms with Crippen molar-refractivity contribution in [3.63, 3.8) is 0 Å². The molecule has 0 unspecified atom stereocenters. The summed E-state index contributed by atoms with van der Waals surface area (Å²) in [6, 6.07) is 0. The highest BCUT2D eigenvalue weighted by molar-refractivity contribution is 5.75. The van der Waals surface area contributed by atoms with Crippen LogP contribution in [-0.4, -0.2) is 23.9 Å². The third-order valence-corrected chi connectivity index (χ3v) is 2.50. The number of piperidine rings is 1. The van der Waals surface area contributed by atoms with Gasteiger partial charge in [-0.2, -0.15) is 0 Å². The lowest BCUT2D eigenvalue weighted by molar-refractivity contribution is -0.131. The van der Waals surface area contributed by atoms with Gasteiger partial charge in [0.15, 0.2) is 0 Å². The van der Waals surface area contributed by atoms with Crippen molar-refractivity contribution < 1.29 is 4.79 Å². The molecule has 1 fully saturated rings. The second-order valence-corrected chi connectivity index (χ2v) is 3.40. The Hall–Kier alpha value is -0.970. The molecular formula is C11H17NO. The molecule has 0 spiro atoms. The average molecular weight is 179 g/mol. The predicted octanol–water partition coefficient (Wildman–Crippen LogP) is 1.66. The van der Waals surface area contributed by atoms with Crippen LogP contribution in [0.25, 0.3) is 0 Å². The molecular weight excluding hydrogens is 162 g/mol. The first-order valence-electron chi connectivity index (χ1n) is 4.98. The molecule has 13 heavy (non-hydrogen) atoms. The van der Waals surface area contributed by atoms with Gasteiger partial charge in [-0.15, -0.1) is 11.8 Å². The average Bonchev–Trinajstić information content (AvgIpc) is 2.18. The van der Waals surface area contributed by atoms with Gasteiger partial charge >= 0.3 is 0 Å². The lowest BCUT2D eigenvalue weighted by atomic mass is 9.97. The molecule has 0 aliphatic carbocycles. The van der Waals surface area contributed by atoms with E-state index in [-0.39, 0.29) is 5.91 Å². The van der Waals surface area contributed by atoms with Crippen molar-refractivity contribution >= 4 is 5.91 Å². The largest absolute Gasteiger partial charge is 0.343 e. The molecule has 0 N–H and O–H groups in total. The number of amides is 1. The summed E-state index contributed by atoms with van der Waals surface area (Å²) in [5, 5.41) is 0. The van der Waals surface area contributed by atoms with Crippen LogP contribution < -0.4 is 0 Å². The molecule has 2 nitrogen and oxygen atoms in total. The van der Waals surface area contributed by atoms with E-state index in [0.717, 1.165) is 25.9 Å². The smallest absolute Gasteiger partial charge is 0.222 e. The van der Waals surface area contributed by atoms with Crippen molar-refractivity contribution in [1.29, 1.82) is 0 Å². The zero-order valence-electron chi connectivity index (χ0n) is 8.47. The van der Waals surface area contributed by atoms with E-state index < -0.39 is 0 Å². The van der Waals surface area contributed by atoms with Crippen LogP contribution in [-0.2, 0) is 4.79 Å². The summed E-state index contributed by atoms with van der Waals surface area (Å²) in [5.41, 5.74) is 0. The zero-order valence-corrected chi connectivity index (χ0v) is 8.47. The third-order valence-electron chi connectivity index (χ3n) is 2.50. The fourth-order valence-electron chi connectivity index (χ4n) is 1.70. The van der Waals surface area contributed by atoms with Gasteiger partial charge in [0.2, 0.25) is 5.91 Å². The van der Waals surface area contributed by atoms with E-state index in [1.807, 2.05) is 18.7 Å². The first kappa shape index (κ1) is 10.1. The second kappa shape index (κ2) is 4.91. The molecule has 0 saturated carbocycles. The van der Waals surface area contributed by atoms with Crippen LogP contribution in [0.3, 0.4) is 0 Å². The van der Waals surface area contributed by atoms with Gasteiger partial charge in [-0.3, -0.25) is 4.79 Å². The van der Waals surface area contributed by atoms with E-state index in [1.165, 1.54) is 0 Å². The molecule has 1 rings (SSSR count). The minimum absolute atomic E-state index is 0.280. The maximum atomic E-state index is 11.3. The summed E-state index contributed by atoms with van der Waals surface area (Å²) in [5.74, 6) is 6.92. The number of carbonyl (C=O) groups excluding carboxylic acids is 1. The van der Waals surface area contributed by atoms with E-state index >= 15 is 0 Å². The molecule has 1 heterocycles. The fourth-order valence-corrected chi connectivity index (χ4v) is 1.70. The maximum Gasteiger partial charge on any atom is 0.222 e. The second-order valence-electron chi connectivity index (χ2n) is 3.40. The minimum Gasteiger partial charge on any atom is -0.343 e. The van der Waals surface area contributed by atoms with Crippen LogP contribution in [0, 0.1) is 17.8 Å². The normalized spacial score (nSPS) is 17.8. The van der Waals surface area contributed by atoms with Crippen molar-refractivity contribution in [3.05, 3.63) is 0 Å². The van der Waals surface area contributed by atoms with Gasteiger partial charge in [0, 0.05) is 25.4 Å². The summed E-state index contributed by atoms with van der Waals surface area (Å²) in [6.45, 7) is 5.59. The van der Waals surface area contributed by atoms with Crippen molar-refractivity contribution in [2.24, 2.45) is 5.92 Å². The fraction of sp³-hybridized carbons (Fsp3) is 0.727. The monoisotopic (exact) mass is 179 g/mol. The van der Waals surface area contributed by atoms with E-state index in [2.05, 4.69) is 11.8 Å². The first-order chi connectivity index (χ1) is 6.27. The molecule has 0 aromatic carbocycles. The van der Waals surface area contributed by atoms with Crippen molar-refractivity contribution in [2.75, 3.05) is 13.1 Å². The third kappa shape index (κ3) is 2.77. The molecule has 1 aliphatic heterocycles. The quantitative estimate of drug-likeness (QED) is 0.561. The Labute approximate surface area is 80.3 Å². The topological polar surface area (TPSA) is 20.3 Å². The molecule has 72 valence electrons. The van der Waals surface area contributed by atoms with Crippen molar-refractivity contribution in [1.82, 2.24) is 4.90 Å². The standard InChI is InChI=1S/C11H17NO/c1-3-5-10-6-8-12(9-7-10)11(13)4-2/h10H,4,6-9H2,1-2H3. The van der Waals surface area contributed by atoms with E-state index in [0.29, 0.717) is 12.3 Å². The van der Waals surface area contributed by atoms with E-state index in [4.69, 9.17) is 0 Å². The van der Waals surface area contributed by atoms with Gasteiger partial charge < -0.3 is 4.90 Å². The van der Waals surface area contributed by atoms with Gasteiger partial charge in [0.05, 0.1) is 0 Å². The molecule has 1 amide bonds. The predicted molar refractivity (Wildman–Crippen MR) is 53.0 cm³/mol. The molecule has 0 aromatic heterocycles. The minimum atomic E-state index is 0.280. The summed E-state index contributed by atoms with van der Waals surface area (Å²) in [7, 11) is 0. The number of likely N-dealkylation sites (tertiary alicyclic amines) is 1. The maximum absolute atomic E-state index is 11.3. The van der Waals surface area contributed by atoms with Crippen molar-refractivity contribution in [3.8, 4) is 11.8 Å². The highest BCUT2D eigenvalue weighted by atomic mass is 16.2. The SMILES string of the molecule is CC#CC1CCN(C(=O)CC)CC1. The Balaban J connectivity index is 2.37. The molecule has 2 heteroatoms. The Morgan fingerprint density at radius 1 is 1.46 bits per heavy atom. The van der Waals surface area contributed by atoms with Crippen LogP contribution in [0.4, 0.5) is 0 Å². The van der Waals surface area contributed by atoms with Gasteiger partial charge in [-0.25, -0.2) is 0 Å². The van der Waals surface area contributed by atoms with Crippen LogP contribution >= 0.6 is 0 Å². The molecule has 1 aliphatic rings. The Kier molecular flexibility index (Phi) is 3.82. The van der Waals surface area contributed by atoms with E-state index in [1.54, 1.807) is 0 Å². The Bertz CT molecular complexity index is 228. The lowest BCUT2D eigenvalue weighted by Crippen LogP contribution is -2.37. The molecule has 0 aromatic rings. The Morgan fingerprint density at radius 3 is 2.54 bits per heavy atom. The summed E-state index contributed by atoms with van der Waals surface area (Å²) in [6.07, 6.45) is 2.73. The molecule has 0 atom stereocenters. The number of hydrogen-bond acceptors (Lipinski definition) is 1. The van der Waals surface area contributed by atoms with Crippen LogP contribution in [0.2, 0.25) is 0 Å². The number of rotatable bonds is 1. The van der Waals surface area contributed by atoms with Crippen LogP contribution in [0.1, 0.15) is 33.1 Å². The molecule has 0 bridgehead atoms. The molecule has 0 radical (unpaired) electrons. The number of hydrogen-bond donors (Lipinski definition) is 0. The van der Waals surface area contributed by atoms with Gasteiger partial charge in [0.25, 0.3) is 0 Å². The molecule has 1 saturated heterocycles. The summed E-state index contributed by atoms with van der Waals surface area (Å²) in [4.78, 5) is 13.3. The van der Waals surface area contributed by atoms with E-state index in [9.17, 15) is 4.79 Å². The number of carbonyl (C=O) groups is 1. The first-order valence-corrected chi connectivity index (χ1v) is 4.98. The van der Waals surface area contributed by atoms with Gasteiger partial charge in [-0.05, 0) is 19.8 Å². The van der Waals surface area contributed by atoms with Crippen LogP contribution in [0.5, 0.6) is 0 Å². The van der Waals surface area contributed by atoms with Gasteiger partial charge in [0.1, 0.15) is 0 Å².